The number of benzene rings is 2. The number of carbonyl (C=O) groups excluding carboxylic acids is 2. The van der Waals surface area contributed by atoms with Crippen molar-refractivity contribution < 1.29 is 23.8 Å². The number of rotatable bonds is 11. The van der Waals surface area contributed by atoms with E-state index < -0.39 is 5.91 Å². The van der Waals surface area contributed by atoms with Gasteiger partial charge in [0.15, 0.2) is 11.5 Å². The van der Waals surface area contributed by atoms with Crippen molar-refractivity contribution in [3.8, 4) is 17.2 Å². The van der Waals surface area contributed by atoms with Gasteiger partial charge in [-0.15, -0.1) is 0 Å². The number of hydrogen-bond donors (Lipinski definition) is 1. The summed E-state index contributed by atoms with van der Waals surface area (Å²) >= 11 is 0. The number of hydrogen-bond acceptors (Lipinski definition) is 5. The van der Waals surface area contributed by atoms with E-state index in [1.807, 2.05) is 37.8 Å². The molecule has 0 atom stereocenters. The summed E-state index contributed by atoms with van der Waals surface area (Å²) in [5.41, 5.74) is 7.20. The minimum Gasteiger partial charge on any atom is -0.490 e. The molecule has 1 aliphatic rings. The van der Waals surface area contributed by atoms with Crippen LogP contribution in [0.2, 0.25) is 0 Å². The number of nitrogens with zero attached hydrogens (tertiary/aromatic N) is 1. The number of ether oxygens (including phenoxy) is 3. The average Bonchev–Trinajstić information content (AvgIpc) is 3.59. The van der Waals surface area contributed by atoms with Crippen LogP contribution in [0.5, 0.6) is 17.2 Å². The molecule has 2 N–H and O–H groups in total. The molecule has 0 saturated heterocycles. The molecule has 0 spiro atoms. The smallest absolute Gasteiger partial charge is 0.254 e. The fourth-order valence-electron chi connectivity index (χ4n) is 3.40. The van der Waals surface area contributed by atoms with E-state index in [4.69, 9.17) is 19.9 Å². The van der Waals surface area contributed by atoms with E-state index in [0.29, 0.717) is 54.7 Å². The Bertz CT molecular complexity index is 895. The van der Waals surface area contributed by atoms with Crippen molar-refractivity contribution in [1.29, 1.82) is 0 Å². The third-order valence-corrected chi connectivity index (χ3v) is 5.00. The summed E-state index contributed by atoms with van der Waals surface area (Å²) in [6, 6.07) is 10.7. The average molecular weight is 427 g/mol. The van der Waals surface area contributed by atoms with Crippen LogP contribution in [0.15, 0.2) is 36.4 Å². The SMILES string of the molecule is CCOc1cc(C(=O)N(Cc2ccc(C(N)=O)cc2)C2CC2)cc(OCC)c1OCC. The largest absolute Gasteiger partial charge is 0.490 e. The lowest BCUT2D eigenvalue weighted by Crippen LogP contribution is -2.32. The molecule has 0 aliphatic heterocycles. The van der Waals surface area contributed by atoms with Crippen molar-refractivity contribution in [2.45, 2.75) is 46.2 Å². The summed E-state index contributed by atoms with van der Waals surface area (Å²) in [6.45, 7) is 7.47. The molecule has 0 unspecified atom stereocenters. The monoisotopic (exact) mass is 426 g/mol. The molecule has 2 aromatic carbocycles. The van der Waals surface area contributed by atoms with E-state index in [1.165, 1.54) is 0 Å². The molecule has 0 aromatic heterocycles. The second kappa shape index (κ2) is 10.2. The lowest BCUT2D eigenvalue weighted by molar-refractivity contribution is 0.0728. The van der Waals surface area contributed by atoms with Crippen LogP contribution in [0.1, 0.15) is 59.9 Å². The Labute approximate surface area is 183 Å². The van der Waals surface area contributed by atoms with Gasteiger partial charge in [-0.25, -0.2) is 0 Å². The Kier molecular flexibility index (Phi) is 7.39. The Morgan fingerprint density at radius 2 is 1.45 bits per heavy atom. The zero-order valence-electron chi connectivity index (χ0n) is 18.3. The molecule has 2 amide bonds. The van der Waals surface area contributed by atoms with Crippen molar-refractivity contribution in [2.24, 2.45) is 5.73 Å². The second-order valence-corrected chi connectivity index (χ2v) is 7.33. The molecular weight excluding hydrogens is 396 g/mol. The summed E-state index contributed by atoms with van der Waals surface area (Å²) < 4.78 is 17.3. The highest BCUT2D eigenvalue weighted by Gasteiger charge is 2.34. The quantitative estimate of drug-likeness (QED) is 0.590. The Morgan fingerprint density at radius 1 is 0.903 bits per heavy atom. The molecular formula is C24H30N2O5. The molecule has 0 heterocycles. The van der Waals surface area contributed by atoms with Crippen molar-refractivity contribution in [2.75, 3.05) is 19.8 Å². The van der Waals surface area contributed by atoms with Gasteiger partial charge in [0.2, 0.25) is 11.7 Å². The summed E-state index contributed by atoms with van der Waals surface area (Å²) in [6.07, 6.45) is 1.94. The molecule has 0 bridgehead atoms. The lowest BCUT2D eigenvalue weighted by Gasteiger charge is -2.24. The van der Waals surface area contributed by atoms with Gasteiger partial charge in [-0.2, -0.15) is 0 Å². The molecule has 1 aliphatic carbocycles. The highest BCUT2D eigenvalue weighted by Crippen LogP contribution is 2.40. The number of primary amides is 1. The Balaban J connectivity index is 1.91. The molecule has 3 rings (SSSR count). The number of carbonyl (C=O) groups is 2. The van der Waals surface area contributed by atoms with Crippen molar-refractivity contribution >= 4 is 11.8 Å². The lowest BCUT2D eigenvalue weighted by atomic mass is 10.1. The number of amides is 2. The Hall–Kier alpha value is -3.22. The van der Waals surface area contributed by atoms with Gasteiger partial charge in [-0.3, -0.25) is 9.59 Å². The van der Waals surface area contributed by atoms with Crippen LogP contribution in [0.4, 0.5) is 0 Å². The maximum atomic E-state index is 13.5. The van der Waals surface area contributed by atoms with Crippen molar-refractivity contribution in [1.82, 2.24) is 4.90 Å². The normalized spacial score (nSPS) is 12.9. The van der Waals surface area contributed by atoms with E-state index >= 15 is 0 Å². The van der Waals surface area contributed by atoms with Gasteiger partial charge in [0.25, 0.3) is 5.91 Å². The van der Waals surface area contributed by atoms with Gasteiger partial charge in [0.1, 0.15) is 0 Å². The predicted molar refractivity (Wildman–Crippen MR) is 118 cm³/mol. The van der Waals surface area contributed by atoms with Gasteiger partial charge in [0, 0.05) is 23.7 Å². The van der Waals surface area contributed by atoms with Crippen LogP contribution in [-0.4, -0.2) is 42.6 Å². The van der Waals surface area contributed by atoms with Crippen LogP contribution in [0.25, 0.3) is 0 Å². The first kappa shape index (κ1) is 22.5. The third kappa shape index (κ3) is 5.48. The van der Waals surface area contributed by atoms with Crippen LogP contribution >= 0.6 is 0 Å². The molecule has 31 heavy (non-hydrogen) atoms. The first-order valence-corrected chi connectivity index (χ1v) is 10.7. The van der Waals surface area contributed by atoms with E-state index in [1.54, 1.807) is 24.3 Å². The number of nitrogens with two attached hydrogens (primary N) is 1. The first-order chi connectivity index (χ1) is 15.0. The van der Waals surface area contributed by atoms with Crippen LogP contribution in [-0.2, 0) is 6.54 Å². The minimum atomic E-state index is -0.469. The van der Waals surface area contributed by atoms with Gasteiger partial charge < -0.3 is 24.8 Å². The molecule has 1 fully saturated rings. The molecule has 7 nitrogen and oxygen atoms in total. The molecule has 166 valence electrons. The minimum absolute atomic E-state index is 0.0913. The molecule has 1 saturated carbocycles. The maximum absolute atomic E-state index is 13.5. The molecule has 7 heteroatoms. The van der Waals surface area contributed by atoms with Crippen LogP contribution in [0, 0.1) is 0 Å². The fourth-order valence-corrected chi connectivity index (χ4v) is 3.40. The first-order valence-electron chi connectivity index (χ1n) is 10.7. The van der Waals surface area contributed by atoms with E-state index in [2.05, 4.69) is 0 Å². The van der Waals surface area contributed by atoms with Gasteiger partial charge in [-0.1, -0.05) is 12.1 Å². The summed E-state index contributed by atoms with van der Waals surface area (Å²) in [5, 5.41) is 0. The third-order valence-electron chi connectivity index (χ3n) is 5.00. The standard InChI is InChI=1S/C24H30N2O5/c1-4-29-20-13-18(14-21(30-5-2)22(20)31-6-3)24(28)26(19-11-12-19)15-16-7-9-17(10-8-16)23(25)27/h7-10,13-14,19H,4-6,11-12,15H2,1-3H3,(H2,25,27). The molecule has 0 radical (unpaired) electrons. The topological polar surface area (TPSA) is 91.1 Å². The van der Waals surface area contributed by atoms with Crippen molar-refractivity contribution in [3.05, 3.63) is 53.1 Å². The van der Waals surface area contributed by atoms with Crippen LogP contribution < -0.4 is 19.9 Å². The van der Waals surface area contributed by atoms with E-state index in [9.17, 15) is 9.59 Å². The highest BCUT2D eigenvalue weighted by molar-refractivity contribution is 5.96. The second-order valence-electron chi connectivity index (χ2n) is 7.33. The zero-order chi connectivity index (χ0) is 22.4. The predicted octanol–water partition coefficient (Wildman–Crippen LogP) is 3.79. The molecule has 2 aromatic rings. The Morgan fingerprint density at radius 3 is 1.90 bits per heavy atom. The van der Waals surface area contributed by atoms with Gasteiger partial charge >= 0.3 is 0 Å². The maximum Gasteiger partial charge on any atom is 0.254 e. The zero-order valence-corrected chi connectivity index (χ0v) is 18.3. The summed E-state index contributed by atoms with van der Waals surface area (Å²) in [5.74, 6) is 0.956. The van der Waals surface area contributed by atoms with E-state index in [-0.39, 0.29) is 11.9 Å². The van der Waals surface area contributed by atoms with Gasteiger partial charge in [-0.05, 0) is 63.4 Å². The van der Waals surface area contributed by atoms with Gasteiger partial charge in [0.05, 0.1) is 19.8 Å². The van der Waals surface area contributed by atoms with Crippen LogP contribution in [0.3, 0.4) is 0 Å². The highest BCUT2D eigenvalue weighted by atomic mass is 16.5. The summed E-state index contributed by atoms with van der Waals surface area (Å²) in [7, 11) is 0. The van der Waals surface area contributed by atoms with E-state index in [0.717, 1.165) is 18.4 Å². The fraction of sp³-hybridized carbons (Fsp3) is 0.417. The van der Waals surface area contributed by atoms with Crippen molar-refractivity contribution in [3.63, 3.8) is 0 Å². The summed E-state index contributed by atoms with van der Waals surface area (Å²) in [4.78, 5) is 26.7.